The van der Waals surface area contributed by atoms with Gasteiger partial charge in [-0.15, -0.1) is 0 Å². The van der Waals surface area contributed by atoms with Gasteiger partial charge in [0.25, 0.3) is 0 Å². The molecule has 2 fully saturated rings. The van der Waals surface area contributed by atoms with E-state index in [9.17, 15) is 9.59 Å². The minimum Gasteiger partial charge on any atom is -0.444 e. The number of nitrogens with zero attached hydrogens (tertiary/aromatic N) is 2. The molecule has 0 unspecified atom stereocenters. The molecule has 0 aromatic heterocycles. The molecule has 2 rings (SSSR count). The second-order valence-corrected chi connectivity index (χ2v) is 7.02. The average Bonchev–Trinajstić information content (AvgIpc) is 2.45. The SMILES string of the molecule is CC(C)(C)OC(=O)N1C[C@@H](N)C[C@@H](C(=O)N2CCOCC2)C1. The van der Waals surface area contributed by atoms with E-state index >= 15 is 0 Å². The van der Waals surface area contributed by atoms with Crippen LogP contribution in [0.2, 0.25) is 0 Å². The van der Waals surface area contributed by atoms with Gasteiger partial charge in [0, 0.05) is 32.2 Å². The molecule has 2 heterocycles. The van der Waals surface area contributed by atoms with E-state index in [-0.39, 0.29) is 17.9 Å². The quantitative estimate of drug-likeness (QED) is 0.759. The van der Waals surface area contributed by atoms with E-state index in [1.165, 1.54) is 0 Å². The van der Waals surface area contributed by atoms with Gasteiger partial charge < -0.3 is 25.0 Å². The molecule has 2 aliphatic heterocycles. The first-order chi connectivity index (χ1) is 10.3. The van der Waals surface area contributed by atoms with E-state index in [4.69, 9.17) is 15.2 Å². The Bertz CT molecular complexity index is 416. The number of amides is 2. The Kier molecular flexibility index (Phi) is 5.28. The number of carbonyl (C=O) groups is 2. The second-order valence-electron chi connectivity index (χ2n) is 7.02. The molecule has 7 heteroatoms. The van der Waals surface area contributed by atoms with Gasteiger partial charge >= 0.3 is 6.09 Å². The van der Waals surface area contributed by atoms with Crippen molar-refractivity contribution in [2.24, 2.45) is 11.7 Å². The van der Waals surface area contributed by atoms with Gasteiger partial charge in [-0.1, -0.05) is 0 Å². The summed E-state index contributed by atoms with van der Waals surface area (Å²) in [5.41, 5.74) is 5.49. The summed E-state index contributed by atoms with van der Waals surface area (Å²) < 4.78 is 10.7. The standard InChI is InChI=1S/C15H27N3O4/c1-15(2,3)22-14(20)18-9-11(8-12(16)10-18)13(19)17-4-6-21-7-5-17/h11-12H,4-10,16H2,1-3H3/t11-,12+/m1/s1. The van der Waals surface area contributed by atoms with Gasteiger partial charge in [-0.2, -0.15) is 0 Å². The van der Waals surface area contributed by atoms with E-state index < -0.39 is 11.7 Å². The normalized spacial score (nSPS) is 26.7. The minimum absolute atomic E-state index is 0.0620. The molecule has 2 atom stereocenters. The summed E-state index contributed by atoms with van der Waals surface area (Å²) >= 11 is 0. The third-order valence-electron chi connectivity index (χ3n) is 3.81. The zero-order valence-corrected chi connectivity index (χ0v) is 13.7. The summed E-state index contributed by atoms with van der Waals surface area (Å²) in [6, 6.07) is -0.198. The third-order valence-corrected chi connectivity index (χ3v) is 3.81. The van der Waals surface area contributed by atoms with Crippen LogP contribution in [0.25, 0.3) is 0 Å². The zero-order chi connectivity index (χ0) is 16.3. The number of hydrogen-bond acceptors (Lipinski definition) is 5. The Balaban J connectivity index is 1.98. The highest BCUT2D eigenvalue weighted by molar-refractivity contribution is 5.80. The molecule has 0 aromatic carbocycles. The predicted molar refractivity (Wildman–Crippen MR) is 81.3 cm³/mol. The number of morpholine rings is 1. The van der Waals surface area contributed by atoms with Crippen molar-refractivity contribution in [2.75, 3.05) is 39.4 Å². The van der Waals surface area contributed by atoms with Crippen molar-refractivity contribution in [3.63, 3.8) is 0 Å². The van der Waals surface area contributed by atoms with Crippen LogP contribution in [0, 0.1) is 5.92 Å². The second kappa shape index (κ2) is 6.83. The molecular weight excluding hydrogens is 286 g/mol. The van der Waals surface area contributed by atoms with Crippen molar-refractivity contribution in [2.45, 2.75) is 38.8 Å². The maximum atomic E-state index is 12.6. The first-order valence-electron chi connectivity index (χ1n) is 7.86. The lowest BCUT2D eigenvalue weighted by molar-refractivity contribution is -0.141. The summed E-state index contributed by atoms with van der Waals surface area (Å²) in [6.45, 7) is 8.64. The van der Waals surface area contributed by atoms with Crippen LogP contribution >= 0.6 is 0 Å². The molecule has 0 spiro atoms. The Labute approximate surface area is 131 Å². The molecular formula is C15H27N3O4. The molecule has 2 N–H and O–H groups in total. The van der Waals surface area contributed by atoms with Gasteiger partial charge in [0.2, 0.25) is 5.91 Å². The van der Waals surface area contributed by atoms with E-state index in [2.05, 4.69) is 0 Å². The summed E-state index contributed by atoms with van der Waals surface area (Å²) in [5.74, 6) is -0.193. The van der Waals surface area contributed by atoms with Crippen LogP contribution in [-0.2, 0) is 14.3 Å². The molecule has 7 nitrogen and oxygen atoms in total. The number of carbonyl (C=O) groups excluding carboxylic acids is 2. The van der Waals surface area contributed by atoms with Gasteiger partial charge in [0.05, 0.1) is 19.1 Å². The van der Waals surface area contributed by atoms with Gasteiger partial charge in [0.1, 0.15) is 5.60 Å². The molecule has 0 aliphatic carbocycles. The predicted octanol–water partition coefficient (Wildman–Crippen LogP) is 0.430. The van der Waals surface area contributed by atoms with Crippen molar-refractivity contribution >= 4 is 12.0 Å². The van der Waals surface area contributed by atoms with Gasteiger partial charge in [-0.25, -0.2) is 4.79 Å². The molecule has 126 valence electrons. The molecule has 2 saturated heterocycles. The average molecular weight is 313 g/mol. The van der Waals surface area contributed by atoms with Crippen molar-refractivity contribution < 1.29 is 19.1 Å². The van der Waals surface area contributed by atoms with Gasteiger partial charge in [-0.3, -0.25) is 4.79 Å². The van der Waals surface area contributed by atoms with E-state index in [1.807, 2.05) is 20.8 Å². The molecule has 0 aromatic rings. The first kappa shape index (κ1) is 17.0. The zero-order valence-electron chi connectivity index (χ0n) is 13.7. The lowest BCUT2D eigenvalue weighted by Crippen LogP contribution is -2.55. The van der Waals surface area contributed by atoms with E-state index in [1.54, 1.807) is 9.80 Å². The molecule has 0 saturated carbocycles. The smallest absolute Gasteiger partial charge is 0.410 e. The fraction of sp³-hybridized carbons (Fsp3) is 0.867. The topological polar surface area (TPSA) is 85.1 Å². The lowest BCUT2D eigenvalue weighted by atomic mass is 9.93. The fourth-order valence-corrected chi connectivity index (χ4v) is 2.83. The Morgan fingerprint density at radius 1 is 1.14 bits per heavy atom. The third kappa shape index (κ3) is 4.58. The number of piperidine rings is 1. The highest BCUT2D eigenvalue weighted by Gasteiger charge is 2.36. The first-order valence-corrected chi connectivity index (χ1v) is 7.86. The number of rotatable bonds is 1. The van der Waals surface area contributed by atoms with Crippen LogP contribution in [0.5, 0.6) is 0 Å². The fourth-order valence-electron chi connectivity index (χ4n) is 2.83. The number of hydrogen-bond donors (Lipinski definition) is 1. The van der Waals surface area contributed by atoms with Crippen LogP contribution in [0.15, 0.2) is 0 Å². The van der Waals surface area contributed by atoms with Gasteiger partial charge in [-0.05, 0) is 27.2 Å². The Hall–Kier alpha value is -1.34. The van der Waals surface area contributed by atoms with Crippen molar-refractivity contribution in [1.29, 1.82) is 0 Å². The van der Waals surface area contributed by atoms with Gasteiger partial charge in [0.15, 0.2) is 0 Å². The highest BCUT2D eigenvalue weighted by Crippen LogP contribution is 2.21. The lowest BCUT2D eigenvalue weighted by Gasteiger charge is -2.39. The highest BCUT2D eigenvalue weighted by atomic mass is 16.6. The molecule has 0 radical (unpaired) electrons. The molecule has 22 heavy (non-hydrogen) atoms. The van der Waals surface area contributed by atoms with Crippen molar-refractivity contribution in [3.05, 3.63) is 0 Å². The number of nitrogens with two attached hydrogens (primary N) is 1. The largest absolute Gasteiger partial charge is 0.444 e. The summed E-state index contributed by atoms with van der Waals surface area (Å²) in [4.78, 5) is 28.2. The Morgan fingerprint density at radius 3 is 2.36 bits per heavy atom. The Morgan fingerprint density at radius 2 is 1.77 bits per heavy atom. The van der Waals surface area contributed by atoms with Crippen LogP contribution in [-0.4, -0.2) is 72.8 Å². The minimum atomic E-state index is -0.553. The maximum absolute atomic E-state index is 12.6. The summed E-state index contributed by atoms with van der Waals surface area (Å²) in [7, 11) is 0. The molecule has 2 amide bonds. The van der Waals surface area contributed by atoms with Crippen LogP contribution in [0.1, 0.15) is 27.2 Å². The monoisotopic (exact) mass is 313 g/mol. The van der Waals surface area contributed by atoms with E-state index in [0.717, 1.165) is 0 Å². The molecule has 0 bridgehead atoms. The van der Waals surface area contributed by atoms with E-state index in [0.29, 0.717) is 45.8 Å². The van der Waals surface area contributed by atoms with Crippen LogP contribution < -0.4 is 5.73 Å². The number of ether oxygens (including phenoxy) is 2. The van der Waals surface area contributed by atoms with Crippen molar-refractivity contribution in [1.82, 2.24) is 9.80 Å². The maximum Gasteiger partial charge on any atom is 0.410 e. The summed E-state index contributed by atoms with van der Waals surface area (Å²) in [5, 5.41) is 0. The molecule has 2 aliphatic rings. The summed E-state index contributed by atoms with van der Waals surface area (Å²) in [6.07, 6.45) is 0.206. The van der Waals surface area contributed by atoms with Crippen LogP contribution in [0.3, 0.4) is 0 Å². The number of likely N-dealkylation sites (tertiary alicyclic amines) is 1. The van der Waals surface area contributed by atoms with Crippen molar-refractivity contribution in [3.8, 4) is 0 Å². The van der Waals surface area contributed by atoms with Crippen LogP contribution in [0.4, 0.5) is 4.79 Å².